The van der Waals surface area contributed by atoms with Crippen LogP contribution in [0, 0.1) is 5.92 Å². The Kier molecular flexibility index (Phi) is 6.17. The minimum absolute atomic E-state index is 0.359. The second kappa shape index (κ2) is 6.57. The molecule has 0 rings (SSSR count). The van der Waals surface area contributed by atoms with Crippen molar-refractivity contribution >= 4 is 0 Å². The van der Waals surface area contributed by atoms with Crippen LogP contribution in [-0.4, -0.2) is 18.0 Å². The van der Waals surface area contributed by atoms with E-state index in [4.69, 9.17) is 0 Å². The van der Waals surface area contributed by atoms with E-state index >= 15 is 0 Å². The maximum absolute atomic E-state index is 4.17. The molecular formula is C15H27N. The van der Waals surface area contributed by atoms with E-state index in [1.807, 2.05) is 6.92 Å². The van der Waals surface area contributed by atoms with Gasteiger partial charge in [0.05, 0.1) is 0 Å². The van der Waals surface area contributed by atoms with Gasteiger partial charge >= 0.3 is 0 Å². The first kappa shape index (κ1) is 15.0. The third-order valence-electron chi connectivity index (χ3n) is 3.36. The number of hydrogen-bond acceptors (Lipinski definition) is 1. The zero-order valence-electron chi connectivity index (χ0n) is 11.6. The fourth-order valence-electron chi connectivity index (χ4n) is 1.42. The molecular weight excluding hydrogens is 194 g/mol. The molecule has 0 aromatic carbocycles. The summed E-state index contributed by atoms with van der Waals surface area (Å²) in [6, 6.07) is 0.359. The van der Waals surface area contributed by atoms with Crippen molar-refractivity contribution in [2.24, 2.45) is 5.92 Å². The summed E-state index contributed by atoms with van der Waals surface area (Å²) in [5.74, 6) is 0.571. The molecule has 0 bridgehead atoms. The number of likely N-dealkylation sites (N-methyl/N-ethyl adjacent to an activating group) is 1. The zero-order valence-corrected chi connectivity index (χ0v) is 11.6. The summed E-state index contributed by atoms with van der Waals surface area (Å²) >= 11 is 0. The summed E-state index contributed by atoms with van der Waals surface area (Å²) in [5, 5.41) is 0. The molecule has 92 valence electrons. The molecule has 0 fully saturated rings. The summed E-state index contributed by atoms with van der Waals surface area (Å²) in [6.07, 6.45) is 2.07. The Morgan fingerprint density at radius 1 is 1.00 bits per heavy atom. The molecule has 0 saturated heterocycles. The molecule has 0 saturated carbocycles. The van der Waals surface area contributed by atoms with Gasteiger partial charge in [-0.05, 0) is 32.6 Å². The van der Waals surface area contributed by atoms with Gasteiger partial charge in [-0.3, -0.25) is 0 Å². The lowest BCUT2D eigenvalue weighted by atomic mass is 9.95. The molecule has 0 amide bonds. The van der Waals surface area contributed by atoms with E-state index < -0.39 is 0 Å². The molecule has 0 aromatic rings. The fourth-order valence-corrected chi connectivity index (χ4v) is 1.42. The van der Waals surface area contributed by atoms with Gasteiger partial charge in [-0.15, -0.1) is 0 Å². The van der Waals surface area contributed by atoms with Crippen LogP contribution in [0.2, 0.25) is 0 Å². The molecule has 1 nitrogen and oxygen atoms in total. The Hall–Kier alpha value is -0.980. The largest absolute Gasteiger partial charge is 0.372 e. The van der Waals surface area contributed by atoms with Gasteiger partial charge in [0.15, 0.2) is 0 Å². The highest BCUT2D eigenvalue weighted by Gasteiger charge is 2.12. The van der Waals surface area contributed by atoms with Crippen molar-refractivity contribution in [1.29, 1.82) is 0 Å². The SMILES string of the molecule is C=C(CCC(=C)C(C)N(C)C(=C)C)C(C)C. The molecule has 0 heterocycles. The van der Waals surface area contributed by atoms with Gasteiger partial charge < -0.3 is 4.90 Å². The van der Waals surface area contributed by atoms with Crippen LogP contribution >= 0.6 is 0 Å². The van der Waals surface area contributed by atoms with Crippen LogP contribution in [0.5, 0.6) is 0 Å². The first-order valence-electron chi connectivity index (χ1n) is 6.01. The van der Waals surface area contributed by atoms with E-state index in [2.05, 4.69) is 52.5 Å². The van der Waals surface area contributed by atoms with Crippen LogP contribution in [0.3, 0.4) is 0 Å². The molecule has 0 aliphatic heterocycles. The average Bonchev–Trinajstić information content (AvgIpc) is 2.22. The van der Waals surface area contributed by atoms with Crippen molar-refractivity contribution in [2.45, 2.75) is 46.6 Å². The van der Waals surface area contributed by atoms with E-state index in [1.165, 1.54) is 11.1 Å². The van der Waals surface area contributed by atoms with E-state index in [-0.39, 0.29) is 0 Å². The Morgan fingerprint density at radius 3 is 1.81 bits per heavy atom. The first-order valence-corrected chi connectivity index (χ1v) is 6.01. The lowest BCUT2D eigenvalue weighted by molar-refractivity contribution is 0.356. The number of nitrogens with zero attached hydrogens (tertiary/aromatic N) is 1. The highest BCUT2D eigenvalue weighted by atomic mass is 15.1. The Balaban J connectivity index is 4.17. The lowest BCUT2D eigenvalue weighted by Crippen LogP contribution is -2.28. The minimum atomic E-state index is 0.359. The first-order chi connectivity index (χ1) is 7.27. The molecule has 1 unspecified atom stereocenters. The monoisotopic (exact) mass is 221 g/mol. The molecule has 0 N–H and O–H groups in total. The Bertz CT molecular complexity index is 273. The third-order valence-corrected chi connectivity index (χ3v) is 3.36. The summed E-state index contributed by atoms with van der Waals surface area (Å²) < 4.78 is 0. The summed E-state index contributed by atoms with van der Waals surface area (Å²) in [6.45, 7) is 20.8. The molecule has 0 radical (unpaired) electrons. The summed E-state index contributed by atoms with van der Waals surface area (Å²) in [7, 11) is 2.06. The van der Waals surface area contributed by atoms with Crippen molar-refractivity contribution in [3.8, 4) is 0 Å². The maximum Gasteiger partial charge on any atom is 0.0465 e. The molecule has 0 aliphatic rings. The quantitative estimate of drug-likeness (QED) is 0.576. The van der Waals surface area contributed by atoms with Gasteiger partial charge in [0.25, 0.3) is 0 Å². The van der Waals surface area contributed by atoms with E-state index in [1.54, 1.807) is 0 Å². The van der Waals surface area contributed by atoms with Gasteiger partial charge in [-0.1, -0.05) is 44.7 Å². The normalized spacial score (nSPS) is 12.4. The second-order valence-corrected chi connectivity index (χ2v) is 4.99. The van der Waals surface area contributed by atoms with Crippen molar-refractivity contribution in [1.82, 2.24) is 4.90 Å². The van der Waals surface area contributed by atoms with Crippen LogP contribution in [0.25, 0.3) is 0 Å². The zero-order chi connectivity index (χ0) is 12.9. The smallest absolute Gasteiger partial charge is 0.0465 e. The van der Waals surface area contributed by atoms with Crippen molar-refractivity contribution in [3.63, 3.8) is 0 Å². The molecule has 1 heteroatoms. The van der Waals surface area contributed by atoms with Crippen molar-refractivity contribution < 1.29 is 0 Å². The highest BCUT2D eigenvalue weighted by Crippen LogP contribution is 2.20. The fraction of sp³-hybridized carbons (Fsp3) is 0.600. The van der Waals surface area contributed by atoms with Gasteiger partial charge in [-0.25, -0.2) is 0 Å². The molecule has 0 spiro atoms. The van der Waals surface area contributed by atoms with Gasteiger partial charge in [0, 0.05) is 18.8 Å². The Labute approximate surface area is 102 Å². The van der Waals surface area contributed by atoms with Crippen LogP contribution in [0.1, 0.15) is 40.5 Å². The number of hydrogen-bond donors (Lipinski definition) is 0. The van der Waals surface area contributed by atoms with Crippen molar-refractivity contribution in [3.05, 3.63) is 36.6 Å². The average molecular weight is 221 g/mol. The predicted octanol–water partition coefficient (Wildman–Crippen LogP) is 4.39. The van der Waals surface area contributed by atoms with E-state index in [9.17, 15) is 0 Å². The van der Waals surface area contributed by atoms with Crippen LogP contribution in [0.15, 0.2) is 36.6 Å². The lowest BCUT2D eigenvalue weighted by Gasteiger charge is -2.29. The maximum atomic E-state index is 4.17. The molecule has 1 atom stereocenters. The molecule has 16 heavy (non-hydrogen) atoms. The number of rotatable bonds is 7. The van der Waals surface area contributed by atoms with E-state index in [0.717, 1.165) is 18.5 Å². The summed E-state index contributed by atoms with van der Waals surface area (Å²) in [4.78, 5) is 2.17. The van der Waals surface area contributed by atoms with Gasteiger partial charge in [-0.2, -0.15) is 0 Å². The predicted molar refractivity (Wildman–Crippen MR) is 74.4 cm³/mol. The third kappa shape index (κ3) is 4.69. The molecule has 0 aliphatic carbocycles. The van der Waals surface area contributed by atoms with Crippen LogP contribution in [-0.2, 0) is 0 Å². The molecule has 0 aromatic heterocycles. The topological polar surface area (TPSA) is 3.24 Å². The minimum Gasteiger partial charge on any atom is -0.372 e. The highest BCUT2D eigenvalue weighted by molar-refractivity contribution is 5.11. The second-order valence-electron chi connectivity index (χ2n) is 4.99. The summed E-state index contributed by atoms with van der Waals surface area (Å²) in [5.41, 5.74) is 3.65. The number of allylic oxidation sites excluding steroid dienone is 2. The van der Waals surface area contributed by atoms with Gasteiger partial charge in [0.1, 0.15) is 0 Å². The standard InChI is InChI=1S/C15H27N/c1-11(2)13(5)9-10-14(6)15(7)16(8)12(3)4/h11,15H,3,5-6,9-10H2,1-2,4,7-8H3. The Morgan fingerprint density at radius 2 is 1.44 bits per heavy atom. The van der Waals surface area contributed by atoms with Crippen LogP contribution < -0.4 is 0 Å². The van der Waals surface area contributed by atoms with Crippen molar-refractivity contribution in [2.75, 3.05) is 7.05 Å². The van der Waals surface area contributed by atoms with Crippen LogP contribution in [0.4, 0.5) is 0 Å². The van der Waals surface area contributed by atoms with E-state index in [0.29, 0.717) is 12.0 Å². The van der Waals surface area contributed by atoms with Gasteiger partial charge in [0.2, 0.25) is 0 Å².